The zero-order valence-electron chi connectivity index (χ0n) is 19.0. The molecule has 0 aliphatic carbocycles. The van der Waals surface area contributed by atoms with E-state index in [1.54, 1.807) is 16.8 Å². The Morgan fingerprint density at radius 1 is 1.00 bits per heavy atom. The molecule has 2 heterocycles. The van der Waals surface area contributed by atoms with Crippen molar-refractivity contribution in [2.45, 2.75) is 17.9 Å². The van der Waals surface area contributed by atoms with Crippen LogP contribution in [0.25, 0.3) is 5.70 Å². The van der Waals surface area contributed by atoms with E-state index in [9.17, 15) is 13.2 Å². The highest BCUT2D eigenvalue weighted by atomic mass is 35.5. The zero-order valence-corrected chi connectivity index (χ0v) is 20.6. The molecule has 1 atom stereocenters. The molecule has 1 amide bonds. The third kappa shape index (κ3) is 4.95. The van der Waals surface area contributed by atoms with Crippen molar-refractivity contribution in [2.75, 3.05) is 15.4 Å². The maximum Gasteiger partial charge on any atom is 0.264 e. The molecule has 3 aromatic carbocycles. The predicted molar refractivity (Wildman–Crippen MR) is 139 cm³/mol. The average molecular weight is 521 g/mol. The second-order valence-electron chi connectivity index (χ2n) is 8.08. The van der Waals surface area contributed by atoms with Crippen molar-refractivity contribution in [3.8, 4) is 0 Å². The number of hydrogen-bond acceptors (Lipinski definition) is 6. The predicted octanol–water partition coefficient (Wildman–Crippen LogP) is 4.75. The van der Waals surface area contributed by atoms with Crippen LogP contribution in [0.15, 0.2) is 89.8 Å². The number of rotatable bonds is 6. The standard InChI is InChI=1S/C25H21ClN6O3S/c1-16(33)27-20-11-13-21(14-12-20)36(34,35)31-24-29-25-28-22(17-5-3-2-4-6-17)15-23(32(25)30-24)18-7-9-19(26)10-8-18/h2-15,23H,1H3,(H,27,33)(H2,28,29,30,31)/t23-/m0/s1. The number of hydrogen-bond donors (Lipinski definition) is 3. The maximum atomic E-state index is 13.0. The number of nitrogens with zero attached hydrogens (tertiary/aromatic N) is 3. The van der Waals surface area contributed by atoms with Gasteiger partial charge in [0.15, 0.2) is 0 Å². The number of allylic oxidation sites excluding steroid dienone is 1. The van der Waals surface area contributed by atoms with Gasteiger partial charge in [-0.15, -0.1) is 5.10 Å². The molecule has 0 spiro atoms. The van der Waals surface area contributed by atoms with Crippen LogP contribution in [0.3, 0.4) is 0 Å². The van der Waals surface area contributed by atoms with Gasteiger partial charge in [-0.1, -0.05) is 54.1 Å². The van der Waals surface area contributed by atoms with Gasteiger partial charge in [-0.3, -0.25) is 4.79 Å². The first-order valence-electron chi connectivity index (χ1n) is 11.0. The van der Waals surface area contributed by atoms with Crippen molar-refractivity contribution in [1.29, 1.82) is 0 Å². The fourth-order valence-corrected chi connectivity index (χ4v) is 4.88. The van der Waals surface area contributed by atoms with Crippen LogP contribution in [-0.4, -0.2) is 29.1 Å². The average Bonchev–Trinajstić information content (AvgIpc) is 3.26. The lowest BCUT2D eigenvalue weighted by atomic mass is 10.0. The minimum Gasteiger partial charge on any atom is -0.326 e. The Morgan fingerprint density at radius 2 is 1.69 bits per heavy atom. The summed E-state index contributed by atoms with van der Waals surface area (Å²) in [6.45, 7) is 1.38. The summed E-state index contributed by atoms with van der Waals surface area (Å²) in [7, 11) is -3.97. The first kappa shape index (κ1) is 23.6. The van der Waals surface area contributed by atoms with Gasteiger partial charge in [0.25, 0.3) is 16.0 Å². The fourth-order valence-electron chi connectivity index (χ4n) is 3.82. The summed E-state index contributed by atoms with van der Waals surface area (Å²) in [5.74, 6) is 0.0582. The number of amides is 1. The highest BCUT2D eigenvalue weighted by Crippen LogP contribution is 2.34. The Hall–Kier alpha value is -4.15. The normalized spacial score (nSPS) is 14.8. The fraction of sp³-hybridized carbons (Fsp3) is 0.0800. The van der Waals surface area contributed by atoms with Crippen LogP contribution in [-0.2, 0) is 14.8 Å². The summed E-state index contributed by atoms with van der Waals surface area (Å²) in [6.07, 6.45) is 2.00. The van der Waals surface area contributed by atoms with Crippen LogP contribution < -0.4 is 15.4 Å². The molecule has 182 valence electrons. The van der Waals surface area contributed by atoms with E-state index >= 15 is 0 Å². The van der Waals surface area contributed by atoms with Gasteiger partial charge in [0.1, 0.15) is 6.04 Å². The quantitative estimate of drug-likeness (QED) is 0.338. The molecule has 36 heavy (non-hydrogen) atoms. The number of carbonyl (C=O) groups is 1. The Labute approximate surface area is 212 Å². The van der Waals surface area contributed by atoms with Crippen LogP contribution in [0, 0.1) is 0 Å². The molecule has 3 N–H and O–H groups in total. The number of fused-ring (bicyclic) bond motifs is 1. The SMILES string of the molecule is CC(=O)Nc1ccc(S(=O)(=O)Nc2nc3n(n2)[C@H](c2ccc(Cl)cc2)C=C(c2ccccc2)N3)cc1. The van der Waals surface area contributed by atoms with Crippen molar-refractivity contribution in [3.05, 3.63) is 101 Å². The lowest BCUT2D eigenvalue weighted by Crippen LogP contribution is -2.20. The summed E-state index contributed by atoms with van der Waals surface area (Å²) in [5.41, 5.74) is 3.17. The summed E-state index contributed by atoms with van der Waals surface area (Å²) in [6, 6.07) is 22.6. The van der Waals surface area contributed by atoms with Gasteiger partial charge in [0.05, 0.1) is 4.90 Å². The van der Waals surface area contributed by atoms with Gasteiger partial charge < -0.3 is 10.6 Å². The second kappa shape index (κ2) is 9.48. The van der Waals surface area contributed by atoms with Gasteiger partial charge in [-0.25, -0.2) is 17.8 Å². The number of aromatic nitrogens is 3. The first-order chi connectivity index (χ1) is 17.3. The molecule has 1 aliphatic heterocycles. The third-order valence-electron chi connectivity index (χ3n) is 5.47. The molecule has 0 saturated heterocycles. The Kier molecular flexibility index (Phi) is 6.21. The lowest BCUT2D eigenvalue weighted by Gasteiger charge is -2.24. The van der Waals surface area contributed by atoms with E-state index in [1.165, 1.54) is 31.2 Å². The van der Waals surface area contributed by atoms with Gasteiger partial charge >= 0.3 is 0 Å². The third-order valence-corrected chi connectivity index (χ3v) is 7.07. The van der Waals surface area contributed by atoms with E-state index < -0.39 is 10.0 Å². The van der Waals surface area contributed by atoms with Crippen LogP contribution in [0.2, 0.25) is 5.02 Å². The summed E-state index contributed by atoms with van der Waals surface area (Å²) >= 11 is 6.08. The van der Waals surface area contributed by atoms with Crippen LogP contribution in [0.1, 0.15) is 24.1 Å². The molecule has 0 radical (unpaired) electrons. The number of sulfonamides is 1. The summed E-state index contributed by atoms with van der Waals surface area (Å²) < 4.78 is 30.0. The summed E-state index contributed by atoms with van der Waals surface area (Å²) in [5, 5.41) is 10.9. The molecule has 0 saturated carbocycles. The van der Waals surface area contributed by atoms with Crippen molar-refractivity contribution in [2.24, 2.45) is 0 Å². The van der Waals surface area contributed by atoms with Crippen LogP contribution in [0.4, 0.5) is 17.6 Å². The number of nitrogens with one attached hydrogen (secondary N) is 3. The van der Waals surface area contributed by atoms with Crippen molar-refractivity contribution in [3.63, 3.8) is 0 Å². The number of carbonyl (C=O) groups excluding carboxylic acids is 1. The smallest absolute Gasteiger partial charge is 0.264 e. The van der Waals surface area contributed by atoms with Crippen LogP contribution >= 0.6 is 11.6 Å². The Balaban J connectivity index is 1.47. The summed E-state index contributed by atoms with van der Waals surface area (Å²) in [4.78, 5) is 15.6. The van der Waals surface area contributed by atoms with Crippen molar-refractivity contribution < 1.29 is 13.2 Å². The number of anilines is 3. The highest BCUT2D eigenvalue weighted by molar-refractivity contribution is 7.92. The molecule has 4 aromatic rings. The maximum absolute atomic E-state index is 13.0. The Morgan fingerprint density at radius 3 is 2.36 bits per heavy atom. The number of halogens is 1. The van der Waals surface area contributed by atoms with Gasteiger partial charge in [-0.2, -0.15) is 4.98 Å². The van der Waals surface area contributed by atoms with Gasteiger partial charge in [0, 0.05) is 23.3 Å². The largest absolute Gasteiger partial charge is 0.326 e. The van der Waals surface area contributed by atoms with E-state index in [4.69, 9.17) is 11.6 Å². The monoisotopic (exact) mass is 520 g/mol. The minimum atomic E-state index is -3.97. The number of benzene rings is 3. The molecule has 1 aliphatic rings. The molecule has 5 rings (SSSR count). The van der Waals surface area contributed by atoms with Gasteiger partial charge in [0.2, 0.25) is 11.9 Å². The van der Waals surface area contributed by atoms with Gasteiger partial charge in [-0.05, 0) is 53.6 Å². The van der Waals surface area contributed by atoms with E-state index in [2.05, 4.69) is 25.4 Å². The molecule has 0 unspecified atom stereocenters. The molecule has 9 nitrogen and oxygen atoms in total. The minimum absolute atomic E-state index is 0.00897. The Bertz CT molecular complexity index is 1550. The zero-order chi connectivity index (χ0) is 25.3. The van der Waals surface area contributed by atoms with E-state index in [-0.39, 0.29) is 22.8 Å². The molecular weight excluding hydrogens is 500 g/mol. The molecule has 0 fully saturated rings. The van der Waals surface area contributed by atoms with E-state index in [0.29, 0.717) is 16.7 Å². The van der Waals surface area contributed by atoms with Crippen LogP contribution in [0.5, 0.6) is 0 Å². The van der Waals surface area contributed by atoms with E-state index in [0.717, 1.165) is 16.8 Å². The van der Waals surface area contributed by atoms with Crippen molar-refractivity contribution >= 4 is 50.8 Å². The second-order valence-corrected chi connectivity index (χ2v) is 10.2. The molecule has 0 bridgehead atoms. The highest BCUT2D eigenvalue weighted by Gasteiger charge is 2.27. The first-order valence-corrected chi connectivity index (χ1v) is 12.8. The topological polar surface area (TPSA) is 118 Å². The molecule has 11 heteroatoms. The van der Waals surface area contributed by atoms with E-state index in [1.807, 2.05) is 48.5 Å². The lowest BCUT2D eigenvalue weighted by molar-refractivity contribution is -0.114. The van der Waals surface area contributed by atoms with Crippen molar-refractivity contribution in [1.82, 2.24) is 14.8 Å². The molecule has 1 aromatic heterocycles. The molecular formula is C25H21ClN6O3S.